The largest absolute Gasteiger partial charge is 0.480 e. The van der Waals surface area contributed by atoms with Crippen LogP contribution in [0.1, 0.15) is 25.3 Å². The van der Waals surface area contributed by atoms with E-state index in [2.05, 4.69) is 0 Å². The van der Waals surface area contributed by atoms with Crippen LogP contribution in [0.4, 0.5) is 4.39 Å². The number of nitrogens with one attached hydrogen (secondary N) is 1. The van der Waals surface area contributed by atoms with E-state index in [-0.39, 0.29) is 0 Å². The van der Waals surface area contributed by atoms with Gasteiger partial charge in [-0.15, -0.1) is 0 Å². The second-order valence-electron chi connectivity index (χ2n) is 3.81. The Morgan fingerprint density at radius 2 is 2.29 bits per heavy atom. The lowest BCUT2D eigenvalue weighted by atomic mass is 10.2. The molecule has 4 nitrogen and oxygen atoms in total. The first-order valence-corrected chi connectivity index (χ1v) is 5.51. The Morgan fingerprint density at radius 3 is 2.88 bits per heavy atom. The van der Waals surface area contributed by atoms with E-state index in [1.165, 1.54) is 12.1 Å². The van der Waals surface area contributed by atoms with Crippen molar-refractivity contribution in [2.45, 2.75) is 32.8 Å². The molecular weight excluding hydrogens is 223 g/mol. The van der Waals surface area contributed by atoms with Crippen molar-refractivity contribution in [2.24, 2.45) is 5.84 Å². The third kappa shape index (κ3) is 3.71. The van der Waals surface area contributed by atoms with Crippen LogP contribution in [0.3, 0.4) is 0 Å². The van der Waals surface area contributed by atoms with E-state index in [4.69, 9.17) is 10.6 Å². The quantitative estimate of drug-likeness (QED) is 0.467. The zero-order valence-electron chi connectivity index (χ0n) is 10.00. The van der Waals surface area contributed by atoms with Crippen LogP contribution in [0.2, 0.25) is 0 Å². The zero-order valence-corrected chi connectivity index (χ0v) is 10.00. The summed E-state index contributed by atoms with van der Waals surface area (Å²) < 4.78 is 18.5. The van der Waals surface area contributed by atoms with Gasteiger partial charge in [-0.1, -0.05) is 19.4 Å². The van der Waals surface area contributed by atoms with Gasteiger partial charge in [0.05, 0.1) is 0 Å². The third-order valence-electron chi connectivity index (χ3n) is 2.40. The number of ether oxygens (including phenoxy) is 1. The molecule has 0 spiro atoms. The SMILES string of the molecule is CCCC(Oc1cc(F)ccc1C)C(=O)NN. The number of halogens is 1. The van der Waals surface area contributed by atoms with Crippen LogP contribution < -0.4 is 16.0 Å². The number of amides is 1. The number of carbonyl (C=O) groups is 1. The first-order valence-electron chi connectivity index (χ1n) is 5.51. The second kappa shape index (κ2) is 6.20. The van der Waals surface area contributed by atoms with Crippen LogP contribution >= 0.6 is 0 Å². The van der Waals surface area contributed by atoms with Crippen molar-refractivity contribution in [1.29, 1.82) is 0 Å². The molecule has 1 aromatic carbocycles. The highest BCUT2D eigenvalue weighted by molar-refractivity contribution is 5.80. The summed E-state index contributed by atoms with van der Waals surface area (Å²) in [6, 6.07) is 4.22. The summed E-state index contributed by atoms with van der Waals surface area (Å²) in [7, 11) is 0. The normalized spacial score (nSPS) is 12.0. The molecule has 0 fully saturated rings. The van der Waals surface area contributed by atoms with E-state index >= 15 is 0 Å². The maximum Gasteiger partial charge on any atom is 0.274 e. The summed E-state index contributed by atoms with van der Waals surface area (Å²) in [4.78, 5) is 11.4. The Morgan fingerprint density at radius 1 is 1.59 bits per heavy atom. The van der Waals surface area contributed by atoms with Gasteiger partial charge in [0, 0.05) is 6.07 Å². The van der Waals surface area contributed by atoms with Gasteiger partial charge in [-0.3, -0.25) is 10.2 Å². The Labute approximate surface area is 99.9 Å². The minimum Gasteiger partial charge on any atom is -0.480 e. The number of aryl methyl sites for hydroxylation is 1. The first kappa shape index (κ1) is 13.4. The first-order chi connectivity index (χ1) is 8.08. The van der Waals surface area contributed by atoms with Crippen LogP contribution in [0.5, 0.6) is 5.75 Å². The molecule has 0 heterocycles. The maximum absolute atomic E-state index is 13.1. The third-order valence-corrected chi connectivity index (χ3v) is 2.40. The average molecular weight is 240 g/mol. The van der Waals surface area contributed by atoms with Crippen molar-refractivity contribution in [2.75, 3.05) is 0 Å². The van der Waals surface area contributed by atoms with E-state index in [1.54, 1.807) is 13.0 Å². The number of hydrogen-bond acceptors (Lipinski definition) is 3. The van der Waals surface area contributed by atoms with E-state index in [0.717, 1.165) is 12.0 Å². The van der Waals surface area contributed by atoms with Crippen molar-refractivity contribution in [3.05, 3.63) is 29.6 Å². The molecule has 0 saturated heterocycles. The molecule has 5 heteroatoms. The number of nitrogens with two attached hydrogens (primary N) is 1. The van der Waals surface area contributed by atoms with Gasteiger partial charge in [-0.2, -0.15) is 0 Å². The molecule has 0 bridgehead atoms. The van der Waals surface area contributed by atoms with Gasteiger partial charge in [-0.05, 0) is 25.0 Å². The van der Waals surface area contributed by atoms with Crippen LogP contribution in [-0.2, 0) is 4.79 Å². The molecule has 3 N–H and O–H groups in total. The number of carbonyl (C=O) groups excluding carboxylic acids is 1. The topological polar surface area (TPSA) is 64.3 Å². The molecule has 0 radical (unpaired) electrons. The molecule has 0 aliphatic carbocycles. The molecule has 0 saturated carbocycles. The molecule has 1 aromatic rings. The van der Waals surface area contributed by atoms with Gasteiger partial charge in [-0.25, -0.2) is 10.2 Å². The minimum atomic E-state index is -0.689. The standard InChI is InChI=1S/C12H17FN2O2/c1-3-4-10(12(16)15-14)17-11-7-9(13)6-5-8(11)2/h5-7,10H,3-4,14H2,1-2H3,(H,15,16). The van der Waals surface area contributed by atoms with Crippen molar-refractivity contribution in [3.8, 4) is 5.75 Å². The maximum atomic E-state index is 13.1. The van der Waals surface area contributed by atoms with Crippen molar-refractivity contribution < 1.29 is 13.9 Å². The number of rotatable bonds is 5. The highest BCUT2D eigenvalue weighted by Crippen LogP contribution is 2.21. The van der Waals surface area contributed by atoms with Crippen LogP contribution in [-0.4, -0.2) is 12.0 Å². The summed E-state index contributed by atoms with van der Waals surface area (Å²) in [6.45, 7) is 3.72. The Kier molecular flexibility index (Phi) is 4.90. The predicted octanol–water partition coefficient (Wildman–Crippen LogP) is 1.67. The summed E-state index contributed by atoms with van der Waals surface area (Å²) >= 11 is 0. The smallest absolute Gasteiger partial charge is 0.274 e. The predicted molar refractivity (Wildman–Crippen MR) is 62.8 cm³/mol. The molecule has 17 heavy (non-hydrogen) atoms. The van der Waals surface area contributed by atoms with E-state index in [0.29, 0.717) is 12.2 Å². The van der Waals surface area contributed by atoms with Crippen molar-refractivity contribution in [3.63, 3.8) is 0 Å². The second-order valence-corrected chi connectivity index (χ2v) is 3.81. The molecule has 94 valence electrons. The molecular formula is C12H17FN2O2. The Hall–Kier alpha value is -1.62. The van der Waals surface area contributed by atoms with Gasteiger partial charge in [0.15, 0.2) is 6.10 Å². The molecule has 0 aromatic heterocycles. The van der Waals surface area contributed by atoms with Gasteiger partial charge < -0.3 is 4.74 Å². The number of hydrogen-bond donors (Lipinski definition) is 2. The summed E-state index contributed by atoms with van der Waals surface area (Å²) in [5.74, 6) is 4.64. The van der Waals surface area contributed by atoms with Gasteiger partial charge in [0.2, 0.25) is 0 Å². The highest BCUT2D eigenvalue weighted by atomic mass is 19.1. The number of hydrazine groups is 1. The van der Waals surface area contributed by atoms with Crippen LogP contribution in [0, 0.1) is 12.7 Å². The van der Waals surface area contributed by atoms with Crippen LogP contribution in [0.15, 0.2) is 18.2 Å². The molecule has 0 aliphatic heterocycles. The molecule has 1 amide bonds. The lowest BCUT2D eigenvalue weighted by Gasteiger charge is -2.18. The molecule has 1 unspecified atom stereocenters. The minimum absolute atomic E-state index is 0.368. The van der Waals surface area contributed by atoms with Crippen molar-refractivity contribution >= 4 is 5.91 Å². The van der Waals surface area contributed by atoms with E-state index < -0.39 is 17.8 Å². The molecule has 1 atom stereocenters. The molecule has 0 aliphatic rings. The summed E-state index contributed by atoms with van der Waals surface area (Å²) in [5.41, 5.74) is 2.82. The lowest BCUT2D eigenvalue weighted by Crippen LogP contribution is -2.42. The molecule has 1 rings (SSSR count). The van der Waals surface area contributed by atoms with Gasteiger partial charge >= 0.3 is 0 Å². The van der Waals surface area contributed by atoms with Gasteiger partial charge in [0.1, 0.15) is 11.6 Å². The highest BCUT2D eigenvalue weighted by Gasteiger charge is 2.19. The Balaban J connectivity index is 2.85. The zero-order chi connectivity index (χ0) is 12.8. The monoisotopic (exact) mass is 240 g/mol. The fourth-order valence-corrected chi connectivity index (χ4v) is 1.45. The Bertz CT molecular complexity index is 396. The summed E-state index contributed by atoms with van der Waals surface area (Å²) in [6.07, 6.45) is 0.608. The fourth-order valence-electron chi connectivity index (χ4n) is 1.45. The van der Waals surface area contributed by atoms with Crippen LogP contribution in [0.25, 0.3) is 0 Å². The average Bonchev–Trinajstić information content (AvgIpc) is 2.32. The number of benzene rings is 1. The summed E-state index contributed by atoms with van der Waals surface area (Å²) in [5, 5.41) is 0. The van der Waals surface area contributed by atoms with Crippen molar-refractivity contribution in [1.82, 2.24) is 5.43 Å². The lowest BCUT2D eigenvalue weighted by molar-refractivity contribution is -0.128. The van der Waals surface area contributed by atoms with E-state index in [9.17, 15) is 9.18 Å². The van der Waals surface area contributed by atoms with Gasteiger partial charge in [0.25, 0.3) is 5.91 Å². The fraction of sp³-hybridized carbons (Fsp3) is 0.417. The van der Waals surface area contributed by atoms with E-state index in [1.807, 2.05) is 12.3 Å².